The maximum Gasteiger partial charge on any atom is 0.300 e. The SMILES string of the molecule is CC(=O)O.CC(=O)[C@H]1CC[C@H]2[C@@H]3CCC4=CC(=O)CC[C@]4(C)[C@H]3CC[C@]12C. The second-order valence-electron chi connectivity index (χ2n) is 9.77. The summed E-state index contributed by atoms with van der Waals surface area (Å²) in [5.74, 6) is 2.46. The van der Waals surface area contributed by atoms with Gasteiger partial charge in [-0.25, -0.2) is 0 Å². The molecule has 3 fully saturated rings. The average molecular weight is 375 g/mol. The van der Waals surface area contributed by atoms with Crippen LogP contribution in [0.3, 0.4) is 0 Å². The van der Waals surface area contributed by atoms with Crippen LogP contribution in [0.4, 0.5) is 0 Å². The number of carbonyl (C=O) groups is 3. The van der Waals surface area contributed by atoms with Crippen molar-refractivity contribution in [1.82, 2.24) is 0 Å². The van der Waals surface area contributed by atoms with Crippen molar-refractivity contribution >= 4 is 17.5 Å². The number of hydrogen-bond acceptors (Lipinski definition) is 3. The zero-order valence-corrected chi connectivity index (χ0v) is 17.2. The van der Waals surface area contributed by atoms with Crippen molar-refractivity contribution in [3.05, 3.63) is 11.6 Å². The normalized spacial score (nSPS) is 42.7. The third-order valence-corrected chi connectivity index (χ3v) is 8.45. The fourth-order valence-corrected chi connectivity index (χ4v) is 7.23. The molecule has 0 aromatic heterocycles. The van der Waals surface area contributed by atoms with Crippen molar-refractivity contribution < 1.29 is 19.5 Å². The minimum absolute atomic E-state index is 0.245. The van der Waals surface area contributed by atoms with Crippen LogP contribution in [0.5, 0.6) is 0 Å². The van der Waals surface area contributed by atoms with Crippen LogP contribution < -0.4 is 0 Å². The highest BCUT2D eigenvalue weighted by atomic mass is 16.4. The van der Waals surface area contributed by atoms with Crippen molar-refractivity contribution in [2.24, 2.45) is 34.5 Å². The molecule has 0 spiro atoms. The molecule has 0 aromatic rings. The van der Waals surface area contributed by atoms with Crippen LogP contribution in [0, 0.1) is 34.5 Å². The van der Waals surface area contributed by atoms with Gasteiger partial charge in [-0.2, -0.15) is 0 Å². The molecule has 0 aliphatic heterocycles. The van der Waals surface area contributed by atoms with Crippen molar-refractivity contribution in [2.75, 3.05) is 0 Å². The molecule has 3 saturated carbocycles. The summed E-state index contributed by atoms with van der Waals surface area (Å²) in [7, 11) is 0. The molecule has 0 unspecified atom stereocenters. The first-order chi connectivity index (χ1) is 12.6. The lowest BCUT2D eigenvalue weighted by Gasteiger charge is -2.58. The van der Waals surface area contributed by atoms with Gasteiger partial charge < -0.3 is 5.11 Å². The zero-order chi connectivity index (χ0) is 20.0. The lowest BCUT2D eigenvalue weighted by molar-refractivity contribution is -0.134. The van der Waals surface area contributed by atoms with Crippen LogP contribution in [0.1, 0.15) is 79.1 Å². The maximum atomic E-state index is 12.1. The minimum atomic E-state index is -0.833. The van der Waals surface area contributed by atoms with Crippen molar-refractivity contribution in [3.8, 4) is 0 Å². The quantitative estimate of drug-likeness (QED) is 0.714. The van der Waals surface area contributed by atoms with E-state index in [1.165, 1.54) is 31.3 Å². The molecule has 150 valence electrons. The number of rotatable bonds is 1. The van der Waals surface area contributed by atoms with Gasteiger partial charge in [0.25, 0.3) is 5.97 Å². The molecule has 4 heteroatoms. The van der Waals surface area contributed by atoms with E-state index >= 15 is 0 Å². The summed E-state index contributed by atoms with van der Waals surface area (Å²) in [6.45, 7) is 7.73. The van der Waals surface area contributed by atoms with Crippen molar-refractivity contribution in [1.29, 1.82) is 0 Å². The molecule has 1 N–H and O–H groups in total. The summed E-state index contributed by atoms with van der Waals surface area (Å²) in [6.07, 6.45) is 10.9. The number of hydrogen-bond donors (Lipinski definition) is 1. The number of aliphatic carboxylic acids is 1. The topological polar surface area (TPSA) is 71.4 Å². The van der Waals surface area contributed by atoms with Gasteiger partial charge in [-0.05, 0) is 86.5 Å². The highest BCUT2D eigenvalue weighted by Gasteiger charge is 2.59. The van der Waals surface area contributed by atoms with Crippen LogP contribution >= 0.6 is 0 Å². The Morgan fingerprint density at radius 2 is 1.67 bits per heavy atom. The van der Waals surface area contributed by atoms with Crippen molar-refractivity contribution in [3.63, 3.8) is 0 Å². The van der Waals surface area contributed by atoms with Gasteiger partial charge in [0.15, 0.2) is 5.78 Å². The molecule has 0 amide bonds. The lowest BCUT2D eigenvalue weighted by atomic mass is 9.47. The number of Topliss-reactive ketones (excluding diaryl/α,β-unsaturated/α-hetero) is 1. The lowest BCUT2D eigenvalue weighted by Crippen LogP contribution is -2.51. The highest BCUT2D eigenvalue weighted by Crippen LogP contribution is 2.66. The number of carboxylic acid groups (broad SMARTS) is 1. The van der Waals surface area contributed by atoms with E-state index in [9.17, 15) is 9.59 Å². The van der Waals surface area contributed by atoms with Gasteiger partial charge in [0.05, 0.1) is 0 Å². The molecular formula is C23H34O4. The summed E-state index contributed by atoms with van der Waals surface area (Å²) < 4.78 is 0. The Hall–Kier alpha value is -1.45. The molecule has 0 bridgehead atoms. The predicted molar refractivity (Wildman–Crippen MR) is 104 cm³/mol. The second kappa shape index (κ2) is 7.18. The summed E-state index contributed by atoms with van der Waals surface area (Å²) in [4.78, 5) is 33.0. The number of carbonyl (C=O) groups excluding carboxylic acids is 2. The Morgan fingerprint density at radius 1 is 1.00 bits per heavy atom. The molecule has 27 heavy (non-hydrogen) atoms. The fraction of sp³-hybridized carbons (Fsp3) is 0.783. The van der Waals surface area contributed by atoms with E-state index in [4.69, 9.17) is 9.90 Å². The van der Waals surface area contributed by atoms with E-state index in [1.54, 1.807) is 6.92 Å². The Bertz CT molecular complexity index is 674. The Morgan fingerprint density at radius 3 is 2.30 bits per heavy atom. The Labute approximate surface area is 162 Å². The highest BCUT2D eigenvalue weighted by molar-refractivity contribution is 5.91. The van der Waals surface area contributed by atoms with Gasteiger partial charge in [0.1, 0.15) is 5.78 Å². The van der Waals surface area contributed by atoms with E-state index in [2.05, 4.69) is 13.8 Å². The average Bonchev–Trinajstić information content (AvgIpc) is 2.92. The zero-order valence-electron chi connectivity index (χ0n) is 17.2. The molecule has 4 aliphatic rings. The van der Waals surface area contributed by atoms with E-state index in [0.29, 0.717) is 17.5 Å². The molecule has 0 heterocycles. The van der Waals surface area contributed by atoms with Crippen LogP contribution in [0.2, 0.25) is 0 Å². The Kier molecular flexibility index (Phi) is 5.39. The van der Waals surface area contributed by atoms with Gasteiger partial charge in [0.2, 0.25) is 0 Å². The van der Waals surface area contributed by atoms with Gasteiger partial charge in [-0.3, -0.25) is 14.4 Å². The van der Waals surface area contributed by atoms with Gasteiger partial charge in [0, 0.05) is 19.3 Å². The number of fused-ring (bicyclic) bond motifs is 5. The third-order valence-electron chi connectivity index (χ3n) is 8.45. The Balaban J connectivity index is 0.000000481. The summed E-state index contributed by atoms with van der Waals surface area (Å²) in [5.41, 5.74) is 1.95. The maximum absolute atomic E-state index is 12.1. The van der Waals surface area contributed by atoms with Crippen LogP contribution in [0.15, 0.2) is 11.6 Å². The smallest absolute Gasteiger partial charge is 0.300 e. The molecule has 6 atom stereocenters. The van der Waals surface area contributed by atoms with Gasteiger partial charge in [-0.1, -0.05) is 19.4 Å². The first-order valence-corrected chi connectivity index (χ1v) is 10.5. The number of carboxylic acids is 1. The van der Waals surface area contributed by atoms with E-state index < -0.39 is 5.97 Å². The van der Waals surface area contributed by atoms with Crippen LogP contribution in [-0.2, 0) is 14.4 Å². The minimum Gasteiger partial charge on any atom is -0.481 e. The summed E-state index contributed by atoms with van der Waals surface area (Å²) >= 11 is 0. The molecule has 4 nitrogen and oxygen atoms in total. The summed E-state index contributed by atoms with van der Waals surface area (Å²) in [6, 6.07) is 0. The van der Waals surface area contributed by atoms with Gasteiger partial charge in [-0.15, -0.1) is 0 Å². The third kappa shape index (κ3) is 3.40. The molecule has 0 aromatic carbocycles. The fourth-order valence-electron chi connectivity index (χ4n) is 7.23. The standard InChI is InChI=1S/C21H30O2.C2H4O2/c1-13(22)17-6-7-18-16-5-4-14-12-15(23)8-10-20(14,2)19(16)9-11-21(17,18)3;1-2(3)4/h12,16-19H,4-11H2,1-3H3;1H3,(H,3,4)/t16-,17+,18-,19-,20-,21+;/m0./s1. The monoisotopic (exact) mass is 374 g/mol. The van der Waals surface area contributed by atoms with E-state index in [0.717, 1.165) is 50.4 Å². The predicted octanol–water partition coefficient (Wildman–Crippen LogP) is 4.81. The first-order valence-electron chi connectivity index (χ1n) is 10.5. The van der Waals surface area contributed by atoms with Crippen LogP contribution in [0.25, 0.3) is 0 Å². The first kappa shape index (κ1) is 20.3. The molecule has 0 saturated heterocycles. The molecule has 0 radical (unpaired) electrons. The molecular weight excluding hydrogens is 340 g/mol. The van der Waals surface area contributed by atoms with Crippen LogP contribution in [-0.4, -0.2) is 22.6 Å². The molecule has 4 aliphatic carbocycles. The number of ketones is 2. The van der Waals surface area contributed by atoms with E-state index in [1.807, 2.05) is 6.08 Å². The van der Waals surface area contributed by atoms with Gasteiger partial charge >= 0.3 is 0 Å². The van der Waals surface area contributed by atoms with Crippen molar-refractivity contribution in [2.45, 2.75) is 79.1 Å². The second-order valence-corrected chi connectivity index (χ2v) is 9.77. The molecule has 4 rings (SSSR count). The van der Waals surface area contributed by atoms with E-state index in [-0.39, 0.29) is 10.8 Å². The summed E-state index contributed by atoms with van der Waals surface area (Å²) in [5, 5.41) is 7.42. The largest absolute Gasteiger partial charge is 0.481 e. The number of allylic oxidation sites excluding steroid dienone is 1.